The van der Waals surface area contributed by atoms with Crippen molar-refractivity contribution in [2.24, 2.45) is 0 Å². The molecule has 4 heteroatoms. The molecule has 1 unspecified atom stereocenters. The van der Waals surface area contributed by atoms with Crippen LogP contribution in [0.1, 0.15) is 24.5 Å². The number of H-pyrrole nitrogens is 1. The fraction of sp³-hybridized carbons (Fsp3) is 0.333. The second-order valence-electron chi connectivity index (χ2n) is 3.59. The molecule has 1 atom stereocenters. The predicted molar refractivity (Wildman–Crippen MR) is 67.5 cm³/mol. The van der Waals surface area contributed by atoms with E-state index in [1.54, 1.807) is 0 Å². The van der Waals surface area contributed by atoms with Gasteiger partial charge in [-0.1, -0.05) is 22.0 Å². The lowest BCUT2D eigenvalue weighted by Gasteiger charge is -2.07. The summed E-state index contributed by atoms with van der Waals surface area (Å²) in [4.78, 5) is 3.14. The minimum Gasteiger partial charge on any atom is -0.363 e. The highest BCUT2D eigenvalue weighted by Gasteiger charge is 2.10. The van der Waals surface area contributed by atoms with E-state index in [0.717, 1.165) is 16.2 Å². The standard InChI is InChI=1S/C12H14BrNO2/c1-2-16-12(15)11-6-9-5-8(7-13)3-4-10(9)14-11/h3-6,12,14-15H,2,7H2,1H3. The zero-order chi connectivity index (χ0) is 11.5. The maximum absolute atomic E-state index is 9.69. The Bertz CT molecular complexity index is 481. The third-order valence-corrected chi connectivity index (χ3v) is 3.10. The van der Waals surface area contributed by atoms with Gasteiger partial charge in [-0.2, -0.15) is 0 Å². The van der Waals surface area contributed by atoms with Crippen molar-refractivity contribution in [3.8, 4) is 0 Å². The summed E-state index contributed by atoms with van der Waals surface area (Å²) >= 11 is 3.42. The Hall–Kier alpha value is -0.840. The van der Waals surface area contributed by atoms with Crippen LogP contribution >= 0.6 is 15.9 Å². The Morgan fingerprint density at radius 2 is 2.25 bits per heavy atom. The molecule has 1 aromatic carbocycles. The molecule has 0 aliphatic carbocycles. The Kier molecular flexibility index (Phi) is 3.63. The lowest BCUT2D eigenvalue weighted by atomic mass is 10.2. The quantitative estimate of drug-likeness (QED) is 0.669. The highest BCUT2D eigenvalue weighted by Crippen LogP contribution is 2.22. The van der Waals surface area contributed by atoms with Gasteiger partial charge in [-0.05, 0) is 30.7 Å². The summed E-state index contributed by atoms with van der Waals surface area (Å²) in [6.07, 6.45) is -0.871. The van der Waals surface area contributed by atoms with Gasteiger partial charge in [0.25, 0.3) is 0 Å². The van der Waals surface area contributed by atoms with Crippen molar-refractivity contribution in [3.05, 3.63) is 35.5 Å². The van der Waals surface area contributed by atoms with Crippen LogP contribution in [0.5, 0.6) is 0 Å². The van der Waals surface area contributed by atoms with E-state index in [4.69, 9.17) is 4.74 Å². The number of rotatable bonds is 4. The first kappa shape index (κ1) is 11.6. The molecule has 0 bridgehead atoms. The van der Waals surface area contributed by atoms with Crippen LogP contribution < -0.4 is 0 Å². The number of alkyl halides is 1. The fourth-order valence-electron chi connectivity index (χ4n) is 1.67. The summed E-state index contributed by atoms with van der Waals surface area (Å²) in [5.41, 5.74) is 2.92. The normalized spacial score (nSPS) is 13.2. The van der Waals surface area contributed by atoms with E-state index in [1.165, 1.54) is 5.56 Å². The number of nitrogens with one attached hydrogen (secondary N) is 1. The summed E-state index contributed by atoms with van der Waals surface area (Å²) in [5, 5.41) is 11.6. The average Bonchev–Trinajstić information content (AvgIpc) is 2.71. The Morgan fingerprint density at radius 1 is 1.44 bits per heavy atom. The Morgan fingerprint density at radius 3 is 2.94 bits per heavy atom. The zero-order valence-corrected chi connectivity index (χ0v) is 10.6. The summed E-state index contributed by atoms with van der Waals surface area (Å²) in [5.74, 6) is 0. The number of aliphatic hydroxyl groups excluding tert-OH is 1. The average molecular weight is 284 g/mol. The highest BCUT2D eigenvalue weighted by atomic mass is 79.9. The number of halogens is 1. The van der Waals surface area contributed by atoms with Crippen molar-refractivity contribution >= 4 is 26.8 Å². The third-order valence-electron chi connectivity index (χ3n) is 2.45. The molecule has 3 nitrogen and oxygen atoms in total. The highest BCUT2D eigenvalue weighted by molar-refractivity contribution is 9.08. The molecule has 2 aromatic rings. The molecule has 2 N–H and O–H groups in total. The van der Waals surface area contributed by atoms with Crippen molar-refractivity contribution in [2.75, 3.05) is 6.61 Å². The molecule has 0 radical (unpaired) electrons. The number of hydrogen-bond acceptors (Lipinski definition) is 2. The zero-order valence-electron chi connectivity index (χ0n) is 9.03. The van der Waals surface area contributed by atoms with Gasteiger partial charge in [-0.15, -0.1) is 0 Å². The lowest BCUT2D eigenvalue weighted by molar-refractivity contribution is -0.100. The van der Waals surface area contributed by atoms with Gasteiger partial charge in [0, 0.05) is 22.8 Å². The van der Waals surface area contributed by atoms with Crippen molar-refractivity contribution in [3.63, 3.8) is 0 Å². The second-order valence-corrected chi connectivity index (χ2v) is 4.15. The molecule has 0 aliphatic rings. The summed E-state index contributed by atoms with van der Waals surface area (Å²) < 4.78 is 5.13. The number of fused-ring (bicyclic) bond motifs is 1. The van der Waals surface area contributed by atoms with E-state index in [9.17, 15) is 5.11 Å². The van der Waals surface area contributed by atoms with Crippen molar-refractivity contribution in [1.29, 1.82) is 0 Å². The second kappa shape index (κ2) is 4.99. The molecule has 1 heterocycles. The SMILES string of the molecule is CCOC(O)c1cc2cc(CBr)ccc2[nH]1. The van der Waals surface area contributed by atoms with Crippen molar-refractivity contribution in [1.82, 2.24) is 4.98 Å². The first-order chi connectivity index (χ1) is 7.74. The van der Waals surface area contributed by atoms with Gasteiger partial charge in [-0.25, -0.2) is 0 Å². The van der Waals surface area contributed by atoms with E-state index in [-0.39, 0.29) is 0 Å². The largest absolute Gasteiger partial charge is 0.363 e. The minimum absolute atomic E-state index is 0.489. The van der Waals surface area contributed by atoms with Crippen LogP contribution in [0.15, 0.2) is 24.3 Å². The fourth-order valence-corrected chi connectivity index (χ4v) is 2.02. The van der Waals surface area contributed by atoms with E-state index < -0.39 is 6.29 Å². The molecule has 2 rings (SSSR count). The van der Waals surface area contributed by atoms with E-state index in [2.05, 4.69) is 27.0 Å². The van der Waals surface area contributed by atoms with Crippen LogP contribution in [0, 0.1) is 0 Å². The predicted octanol–water partition coefficient (Wildman–Crippen LogP) is 3.09. The van der Waals surface area contributed by atoms with Crippen LogP contribution in [0.4, 0.5) is 0 Å². The van der Waals surface area contributed by atoms with E-state index >= 15 is 0 Å². The summed E-state index contributed by atoms with van der Waals surface area (Å²) in [6, 6.07) is 8.06. The molecule has 1 aromatic heterocycles. The molecular formula is C12H14BrNO2. The Labute approximate surface area is 103 Å². The van der Waals surface area contributed by atoms with Crippen LogP contribution in [0.2, 0.25) is 0 Å². The first-order valence-electron chi connectivity index (χ1n) is 5.21. The molecule has 0 spiro atoms. The van der Waals surface area contributed by atoms with Crippen LogP contribution in [-0.4, -0.2) is 16.7 Å². The molecule has 86 valence electrons. The summed E-state index contributed by atoms with van der Waals surface area (Å²) in [6.45, 7) is 2.35. The number of ether oxygens (including phenoxy) is 1. The van der Waals surface area contributed by atoms with Crippen LogP contribution in [0.25, 0.3) is 10.9 Å². The molecular weight excluding hydrogens is 270 g/mol. The Balaban J connectivity index is 2.35. The molecule has 0 saturated heterocycles. The monoisotopic (exact) mass is 283 g/mol. The van der Waals surface area contributed by atoms with Gasteiger partial charge < -0.3 is 14.8 Å². The molecule has 0 aliphatic heterocycles. The van der Waals surface area contributed by atoms with Crippen LogP contribution in [-0.2, 0) is 10.1 Å². The number of aromatic nitrogens is 1. The van der Waals surface area contributed by atoms with Gasteiger partial charge in [0.1, 0.15) is 0 Å². The van der Waals surface area contributed by atoms with Gasteiger partial charge in [0.2, 0.25) is 0 Å². The number of aliphatic hydroxyl groups is 1. The van der Waals surface area contributed by atoms with Gasteiger partial charge >= 0.3 is 0 Å². The molecule has 16 heavy (non-hydrogen) atoms. The van der Waals surface area contributed by atoms with Gasteiger partial charge in [0.15, 0.2) is 6.29 Å². The lowest BCUT2D eigenvalue weighted by Crippen LogP contribution is -2.02. The molecule has 0 amide bonds. The van der Waals surface area contributed by atoms with Gasteiger partial charge in [-0.3, -0.25) is 0 Å². The van der Waals surface area contributed by atoms with Crippen molar-refractivity contribution < 1.29 is 9.84 Å². The number of hydrogen-bond donors (Lipinski definition) is 2. The maximum atomic E-state index is 9.69. The summed E-state index contributed by atoms with van der Waals surface area (Å²) in [7, 11) is 0. The van der Waals surface area contributed by atoms with E-state index in [1.807, 2.05) is 25.1 Å². The van der Waals surface area contributed by atoms with Gasteiger partial charge in [0.05, 0.1) is 5.69 Å². The number of aromatic amines is 1. The molecule has 0 saturated carbocycles. The molecule has 0 fully saturated rings. The maximum Gasteiger partial charge on any atom is 0.196 e. The smallest absolute Gasteiger partial charge is 0.196 e. The topological polar surface area (TPSA) is 45.2 Å². The van der Waals surface area contributed by atoms with E-state index in [0.29, 0.717) is 12.3 Å². The third kappa shape index (κ3) is 2.29. The van der Waals surface area contributed by atoms with Crippen molar-refractivity contribution in [2.45, 2.75) is 18.5 Å². The van der Waals surface area contributed by atoms with Crippen LogP contribution in [0.3, 0.4) is 0 Å². The number of benzene rings is 1. The first-order valence-corrected chi connectivity index (χ1v) is 6.34. The minimum atomic E-state index is -0.871.